The number of fused-ring (bicyclic) bond motifs is 1. The van der Waals surface area contributed by atoms with Crippen molar-refractivity contribution in [3.63, 3.8) is 0 Å². The van der Waals surface area contributed by atoms with Crippen LogP contribution < -0.4 is 0 Å². The highest BCUT2D eigenvalue weighted by Crippen LogP contribution is 2.35. The molecule has 1 N–H and O–H groups in total. The van der Waals surface area contributed by atoms with Crippen LogP contribution in [-0.4, -0.2) is 5.11 Å². The average molecular weight is 231 g/mol. The van der Waals surface area contributed by atoms with E-state index in [1.165, 1.54) is 11.3 Å². The van der Waals surface area contributed by atoms with E-state index in [1.807, 2.05) is 12.1 Å². The highest BCUT2D eigenvalue weighted by molar-refractivity contribution is 7.83. The molecule has 1 aromatic heterocycles. The predicted octanol–water partition coefficient (Wildman–Crippen LogP) is 3.63. The van der Waals surface area contributed by atoms with Gasteiger partial charge in [0.15, 0.2) is 0 Å². The molecule has 2 aromatic rings. The molecule has 1 nitrogen and oxygen atoms in total. The summed E-state index contributed by atoms with van der Waals surface area (Å²) in [6.07, 6.45) is 0. The largest absolute Gasteiger partial charge is 0.508 e. The number of aromatic hydroxyl groups is 1. The molecule has 0 saturated heterocycles. The first-order valence-corrected chi connectivity index (χ1v) is 5.51. The SMILES string of the molecule is Oc1ccc2cc(S)sc2c1CCl. The van der Waals surface area contributed by atoms with E-state index >= 15 is 0 Å². The number of thiophene rings is 1. The lowest BCUT2D eigenvalue weighted by molar-refractivity contribution is 0.472. The first-order chi connectivity index (χ1) is 6.22. The molecule has 0 saturated carbocycles. The molecule has 0 radical (unpaired) electrons. The van der Waals surface area contributed by atoms with Crippen molar-refractivity contribution in [2.75, 3.05) is 0 Å². The van der Waals surface area contributed by atoms with Crippen molar-refractivity contribution in [2.24, 2.45) is 0 Å². The van der Waals surface area contributed by atoms with Gasteiger partial charge in [0.1, 0.15) is 5.75 Å². The topological polar surface area (TPSA) is 20.2 Å². The maximum atomic E-state index is 9.52. The Labute approximate surface area is 90.4 Å². The van der Waals surface area contributed by atoms with Gasteiger partial charge in [0, 0.05) is 10.3 Å². The smallest absolute Gasteiger partial charge is 0.121 e. The highest BCUT2D eigenvalue weighted by atomic mass is 35.5. The number of phenolic OH excluding ortho intramolecular Hbond substituents is 1. The monoisotopic (exact) mass is 230 g/mol. The van der Waals surface area contributed by atoms with Gasteiger partial charge in [-0.2, -0.15) is 0 Å². The van der Waals surface area contributed by atoms with Crippen LogP contribution in [0.4, 0.5) is 0 Å². The zero-order valence-electron chi connectivity index (χ0n) is 6.62. The number of rotatable bonds is 1. The molecule has 1 heterocycles. The normalized spacial score (nSPS) is 10.9. The van der Waals surface area contributed by atoms with Crippen LogP contribution >= 0.6 is 35.6 Å². The van der Waals surface area contributed by atoms with Crippen LogP contribution in [0.5, 0.6) is 5.75 Å². The molecule has 0 spiro atoms. The van der Waals surface area contributed by atoms with Crippen LogP contribution in [0, 0.1) is 0 Å². The Kier molecular flexibility index (Phi) is 2.41. The molecule has 0 aliphatic heterocycles. The Morgan fingerprint density at radius 3 is 2.92 bits per heavy atom. The fourth-order valence-electron chi connectivity index (χ4n) is 1.27. The molecule has 0 aliphatic rings. The molecule has 68 valence electrons. The maximum absolute atomic E-state index is 9.52. The van der Waals surface area contributed by atoms with Crippen molar-refractivity contribution in [3.05, 3.63) is 23.8 Å². The molecule has 2 rings (SSSR count). The molecular formula is C9H7ClOS2. The number of alkyl halides is 1. The van der Waals surface area contributed by atoms with E-state index < -0.39 is 0 Å². The standard InChI is InChI=1S/C9H7ClOS2/c10-4-6-7(11)2-1-5-3-8(12)13-9(5)6/h1-3,11-12H,4H2. The Bertz CT molecular complexity index is 450. The zero-order chi connectivity index (χ0) is 9.42. The fraction of sp³-hybridized carbons (Fsp3) is 0.111. The van der Waals surface area contributed by atoms with E-state index in [9.17, 15) is 5.11 Å². The Balaban J connectivity index is 2.82. The van der Waals surface area contributed by atoms with E-state index in [1.54, 1.807) is 6.07 Å². The minimum absolute atomic E-state index is 0.262. The number of halogens is 1. The summed E-state index contributed by atoms with van der Waals surface area (Å²) in [7, 11) is 0. The van der Waals surface area contributed by atoms with Gasteiger partial charge in [0.05, 0.1) is 10.1 Å². The molecule has 4 heteroatoms. The van der Waals surface area contributed by atoms with Gasteiger partial charge in [-0.1, -0.05) is 0 Å². The molecule has 0 atom stereocenters. The molecule has 0 amide bonds. The second-order valence-electron chi connectivity index (χ2n) is 2.70. The summed E-state index contributed by atoms with van der Waals surface area (Å²) in [5, 5.41) is 10.6. The van der Waals surface area contributed by atoms with Crippen LogP contribution in [0.15, 0.2) is 22.4 Å². The van der Waals surface area contributed by atoms with Gasteiger partial charge in [-0.3, -0.25) is 0 Å². The Morgan fingerprint density at radius 2 is 2.23 bits per heavy atom. The lowest BCUT2D eigenvalue weighted by Crippen LogP contribution is -1.78. The first-order valence-electron chi connectivity index (χ1n) is 3.71. The van der Waals surface area contributed by atoms with Gasteiger partial charge in [0.2, 0.25) is 0 Å². The average Bonchev–Trinajstić information content (AvgIpc) is 2.45. The Morgan fingerprint density at radius 1 is 1.46 bits per heavy atom. The van der Waals surface area contributed by atoms with Crippen molar-refractivity contribution >= 4 is 45.7 Å². The van der Waals surface area contributed by atoms with Gasteiger partial charge in [-0.15, -0.1) is 35.6 Å². The highest BCUT2D eigenvalue weighted by Gasteiger charge is 2.08. The number of phenols is 1. The van der Waals surface area contributed by atoms with Crippen molar-refractivity contribution in [1.29, 1.82) is 0 Å². The van der Waals surface area contributed by atoms with Crippen LogP contribution in [0.2, 0.25) is 0 Å². The fourth-order valence-corrected chi connectivity index (χ4v) is 2.97. The van der Waals surface area contributed by atoms with Crippen LogP contribution in [-0.2, 0) is 5.88 Å². The van der Waals surface area contributed by atoms with Crippen molar-refractivity contribution in [1.82, 2.24) is 0 Å². The van der Waals surface area contributed by atoms with Gasteiger partial charge >= 0.3 is 0 Å². The second kappa shape index (κ2) is 3.40. The van der Waals surface area contributed by atoms with Crippen molar-refractivity contribution < 1.29 is 5.11 Å². The van der Waals surface area contributed by atoms with E-state index in [0.29, 0.717) is 5.88 Å². The van der Waals surface area contributed by atoms with Gasteiger partial charge in [0.25, 0.3) is 0 Å². The van der Waals surface area contributed by atoms with Gasteiger partial charge < -0.3 is 5.11 Å². The quantitative estimate of drug-likeness (QED) is 0.566. The summed E-state index contributed by atoms with van der Waals surface area (Å²) in [4.78, 5) is 0. The summed E-state index contributed by atoms with van der Waals surface area (Å²) < 4.78 is 1.96. The first kappa shape index (κ1) is 9.19. The van der Waals surface area contributed by atoms with Gasteiger partial charge in [-0.05, 0) is 23.6 Å². The zero-order valence-corrected chi connectivity index (χ0v) is 9.09. The lowest BCUT2D eigenvalue weighted by Gasteiger charge is -2.00. The molecule has 13 heavy (non-hydrogen) atoms. The summed E-state index contributed by atoms with van der Waals surface area (Å²) in [6.45, 7) is 0. The number of benzene rings is 1. The van der Waals surface area contributed by atoms with E-state index in [-0.39, 0.29) is 5.75 Å². The molecule has 0 bridgehead atoms. The number of hydrogen-bond acceptors (Lipinski definition) is 3. The Hall–Kier alpha value is -0.380. The number of thiol groups is 1. The minimum Gasteiger partial charge on any atom is -0.508 e. The van der Waals surface area contributed by atoms with E-state index in [0.717, 1.165) is 19.9 Å². The minimum atomic E-state index is 0.262. The maximum Gasteiger partial charge on any atom is 0.121 e. The summed E-state index contributed by atoms with van der Waals surface area (Å²) in [5.74, 6) is 0.592. The van der Waals surface area contributed by atoms with Crippen LogP contribution in [0.1, 0.15) is 5.56 Å². The third kappa shape index (κ3) is 1.52. The summed E-state index contributed by atoms with van der Waals surface area (Å²) >= 11 is 11.5. The predicted molar refractivity (Wildman–Crippen MR) is 60.3 cm³/mol. The molecule has 0 fully saturated rings. The van der Waals surface area contributed by atoms with Gasteiger partial charge in [-0.25, -0.2) is 0 Å². The van der Waals surface area contributed by atoms with Crippen molar-refractivity contribution in [3.8, 4) is 5.75 Å². The second-order valence-corrected chi connectivity index (χ2v) is 4.80. The van der Waals surface area contributed by atoms with Crippen LogP contribution in [0.3, 0.4) is 0 Å². The third-order valence-corrected chi connectivity index (χ3v) is 3.57. The summed E-state index contributed by atoms with van der Waals surface area (Å²) in [5.41, 5.74) is 0.796. The third-order valence-electron chi connectivity index (χ3n) is 1.89. The molecule has 0 aliphatic carbocycles. The van der Waals surface area contributed by atoms with Crippen molar-refractivity contribution in [2.45, 2.75) is 10.1 Å². The molecular weight excluding hydrogens is 224 g/mol. The van der Waals surface area contributed by atoms with Crippen LogP contribution in [0.25, 0.3) is 10.1 Å². The molecule has 0 unspecified atom stereocenters. The lowest BCUT2D eigenvalue weighted by atomic mass is 10.2. The number of hydrogen-bond donors (Lipinski definition) is 2. The summed E-state index contributed by atoms with van der Waals surface area (Å²) in [6, 6.07) is 5.51. The van der Waals surface area contributed by atoms with E-state index in [4.69, 9.17) is 11.6 Å². The molecule has 1 aromatic carbocycles. The van der Waals surface area contributed by atoms with E-state index in [2.05, 4.69) is 12.6 Å².